The quantitative estimate of drug-likeness (QED) is 0.893. The number of nitrogens with one attached hydrogen (secondary N) is 1. The number of aromatic amines is 1. The van der Waals surface area contributed by atoms with Gasteiger partial charge in [-0.15, -0.1) is 0 Å². The molecule has 0 bridgehead atoms. The Morgan fingerprint density at radius 1 is 1.08 bits per heavy atom. The van der Waals surface area contributed by atoms with Gasteiger partial charge in [-0.25, -0.2) is 0 Å². The van der Waals surface area contributed by atoms with Gasteiger partial charge in [0.1, 0.15) is 5.69 Å². The number of benzene rings is 1. The number of aryl methyl sites for hydroxylation is 1. The van der Waals surface area contributed by atoms with Gasteiger partial charge in [0.2, 0.25) is 5.91 Å². The molecule has 1 aliphatic heterocycles. The summed E-state index contributed by atoms with van der Waals surface area (Å²) in [7, 11) is 0. The van der Waals surface area contributed by atoms with Crippen LogP contribution >= 0.6 is 0 Å². The molecule has 140 valence electrons. The summed E-state index contributed by atoms with van der Waals surface area (Å²) in [5.74, 6) is 0.203. The summed E-state index contributed by atoms with van der Waals surface area (Å²) in [5.41, 5.74) is 2.81. The highest BCUT2D eigenvalue weighted by Crippen LogP contribution is 2.18. The lowest BCUT2D eigenvalue weighted by atomic mass is 10.2. The molecule has 1 aromatic heterocycles. The number of carbonyl (C=O) groups is 2. The second-order valence-corrected chi connectivity index (χ2v) is 6.91. The zero-order valence-corrected chi connectivity index (χ0v) is 15.9. The fraction of sp³-hybridized carbons (Fsp3) is 0.500. The van der Waals surface area contributed by atoms with Crippen LogP contribution in [0, 0.1) is 6.92 Å². The lowest BCUT2D eigenvalue weighted by molar-refractivity contribution is -0.132. The molecule has 6 nitrogen and oxygen atoms in total. The first-order chi connectivity index (χ1) is 12.5. The van der Waals surface area contributed by atoms with Gasteiger partial charge in [0, 0.05) is 50.2 Å². The topological polar surface area (TPSA) is 59.7 Å². The number of amides is 2. The summed E-state index contributed by atoms with van der Waals surface area (Å²) < 4.78 is 0. The van der Waals surface area contributed by atoms with Crippen molar-refractivity contribution in [1.29, 1.82) is 0 Å². The summed E-state index contributed by atoms with van der Waals surface area (Å²) in [6.45, 7) is 10.7. The van der Waals surface area contributed by atoms with Crippen molar-refractivity contribution in [2.24, 2.45) is 0 Å². The van der Waals surface area contributed by atoms with E-state index in [-0.39, 0.29) is 11.8 Å². The minimum absolute atomic E-state index is 0.0357. The number of carbonyl (C=O) groups excluding carboxylic acids is 2. The molecule has 0 radical (unpaired) electrons. The van der Waals surface area contributed by atoms with Crippen LogP contribution in [0.15, 0.2) is 24.3 Å². The van der Waals surface area contributed by atoms with Crippen molar-refractivity contribution in [3.05, 3.63) is 35.5 Å². The SMILES string of the molecule is CCN(CC)C(=O)CN1CCN(C(=O)c2cc3ccc(C)cc3[nH]2)CC1. The Morgan fingerprint density at radius 2 is 1.77 bits per heavy atom. The molecule has 2 heterocycles. The highest BCUT2D eigenvalue weighted by atomic mass is 16.2. The lowest BCUT2D eigenvalue weighted by Gasteiger charge is -2.35. The molecular formula is C20H28N4O2. The van der Waals surface area contributed by atoms with E-state index in [1.165, 1.54) is 5.56 Å². The standard InChI is InChI=1S/C20H28N4O2/c1-4-23(5-2)19(25)14-22-8-10-24(11-9-22)20(26)18-13-16-7-6-15(3)12-17(16)21-18/h6-7,12-13,21H,4-5,8-11,14H2,1-3H3. The van der Waals surface area contributed by atoms with Crippen molar-refractivity contribution in [3.8, 4) is 0 Å². The first-order valence-corrected chi connectivity index (χ1v) is 9.40. The molecule has 0 atom stereocenters. The first kappa shape index (κ1) is 18.5. The van der Waals surface area contributed by atoms with Crippen molar-refractivity contribution in [2.75, 3.05) is 45.8 Å². The van der Waals surface area contributed by atoms with E-state index in [9.17, 15) is 9.59 Å². The second-order valence-electron chi connectivity index (χ2n) is 6.91. The average Bonchev–Trinajstić information content (AvgIpc) is 3.06. The fourth-order valence-corrected chi connectivity index (χ4v) is 3.50. The van der Waals surface area contributed by atoms with E-state index in [0.717, 1.165) is 37.1 Å². The van der Waals surface area contributed by atoms with E-state index in [1.54, 1.807) is 0 Å². The van der Waals surface area contributed by atoms with Crippen LogP contribution in [0.4, 0.5) is 0 Å². The van der Waals surface area contributed by atoms with Gasteiger partial charge in [-0.05, 0) is 38.5 Å². The van der Waals surface area contributed by atoms with Crippen molar-refractivity contribution in [1.82, 2.24) is 19.7 Å². The number of nitrogens with zero attached hydrogens (tertiary/aromatic N) is 3. The van der Waals surface area contributed by atoms with Gasteiger partial charge >= 0.3 is 0 Å². The lowest BCUT2D eigenvalue weighted by Crippen LogP contribution is -2.51. The highest BCUT2D eigenvalue weighted by molar-refractivity contribution is 5.98. The molecule has 6 heteroatoms. The molecule has 0 saturated carbocycles. The molecule has 1 saturated heterocycles. The van der Waals surface area contributed by atoms with E-state index in [1.807, 2.05) is 42.7 Å². The summed E-state index contributed by atoms with van der Waals surface area (Å²) >= 11 is 0. The van der Waals surface area contributed by atoms with Crippen LogP contribution < -0.4 is 0 Å². The fourth-order valence-electron chi connectivity index (χ4n) is 3.50. The van der Waals surface area contributed by atoms with Gasteiger partial charge in [-0.1, -0.05) is 12.1 Å². The molecule has 0 unspecified atom stereocenters. The molecule has 1 N–H and O–H groups in total. The van der Waals surface area contributed by atoms with E-state index in [0.29, 0.717) is 25.3 Å². The molecule has 0 spiro atoms. The Hall–Kier alpha value is -2.34. The number of piperazine rings is 1. The normalized spacial score (nSPS) is 15.4. The van der Waals surface area contributed by atoms with Crippen LogP contribution in [0.3, 0.4) is 0 Å². The van der Waals surface area contributed by atoms with Gasteiger partial charge in [-0.2, -0.15) is 0 Å². The highest BCUT2D eigenvalue weighted by Gasteiger charge is 2.25. The number of H-pyrrole nitrogens is 1. The molecule has 2 amide bonds. The van der Waals surface area contributed by atoms with Crippen LogP contribution in [0.1, 0.15) is 29.9 Å². The molecule has 1 aromatic carbocycles. The zero-order chi connectivity index (χ0) is 18.7. The van der Waals surface area contributed by atoms with Crippen molar-refractivity contribution < 1.29 is 9.59 Å². The largest absolute Gasteiger partial charge is 0.351 e. The van der Waals surface area contributed by atoms with Crippen LogP contribution in [0.25, 0.3) is 10.9 Å². The molecule has 0 aliphatic carbocycles. The van der Waals surface area contributed by atoms with Crippen LogP contribution in [-0.4, -0.2) is 77.3 Å². The third-order valence-electron chi connectivity index (χ3n) is 5.14. The van der Waals surface area contributed by atoms with E-state index >= 15 is 0 Å². The Balaban J connectivity index is 1.58. The average molecular weight is 356 g/mol. The van der Waals surface area contributed by atoms with E-state index < -0.39 is 0 Å². The number of aromatic nitrogens is 1. The summed E-state index contributed by atoms with van der Waals surface area (Å²) in [4.78, 5) is 34.1. The minimum Gasteiger partial charge on any atom is -0.351 e. The minimum atomic E-state index is 0.0357. The number of rotatable bonds is 5. The van der Waals surface area contributed by atoms with Crippen molar-refractivity contribution in [2.45, 2.75) is 20.8 Å². The van der Waals surface area contributed by atoms with Crippen LogP contribution in [-0.2, 0) is 4.79 Å². The number of fused-ring (bicyclic) bond motifs is 1. The van der Waals surface area contributed by atoms with Crippen LogP contribution in [0.5, 0.6) is 0 Å². The number of hydrogen-bond acceptors (Lipinski definition) is 3. The van der Waals surface area contributed by atoms with Crippen molar-refractivity contribution >= 4 is 22.7 Å². The molecular weight excluding hydrogens is 328 g/mol. The van der Waals surface area contributed by atoms with E-state index in [2.05, 4.69) is 22.0 Å². The summed E-state index contributed by atoms with van der Waals surface area (Å²) in [6, 6.07) is 8.07. The Bertz CT molecular complexity index is 786. The third-order valence-corrected chi connectivity index (χ3v) is 5.14. The maximum atomic E-state index is 12.8. The zero-order valence-electron chi connectivity index (χ0n) is 15.9. The Labute approximate surface area is 154 Å². The number of likely N-dealkylation sites (N-methyl/N-ethyl adjacent to an activating group) is 1. The molecule has 2 aromatic rings. The van der Waals surface area contributed by atoms with Gasteiger partial charge < -0.3 is 14.8 Å². The summed E-state index contributed by atoms with van der Waals surface area (Å²) in [5, 5.41) is 1.06. The van der Waals surface area contributed by atoms with Gasteiger partial charge in [0.25, 0.3) is 5.91 Å². The molecule has 1 fully saturated rings. The number of hydrogen-bond donors (Lipinski definition) is 1. The van der Waals surface area contributed by atoms with Crippen LogP contribution in [0.2, 0.25) is 0 Å². The molecule has 3 rings (SSSR count). The first-order valence-electron chi connectivity index (χ1n) is 9.40. The predicted octanol–water partition coefficient (Wildman–Crippen LogP) is 2.10. The van der Waals surface area contributed by atoms with E-state index in [4.69, 9.17) is 0 Å². The smallest absolute Gasteiger partial charge is 0.270 e. The summed E-state index contributed by atoms with van der Waals surface area (Å²) in [6.07, 6.45) is 0. The molecule has 1 aliphatic rings. The monoisotopic (exact) mass is 356 g/mol. The Morgan fingerprint density at radius 3 is 2.42 bits per heavy atom. The maximum absolute atomic E-state index is 12.8. The predicted molar refractivity (Wildman–Crippen MR) is 103 cm³/mol. The Kier molecular flexibility index (Phi) is 5.61. The third kappa shape index (κ3) is 3.90. The van der Waals surface area contributed by atoms with Gasteiger partial charge in [-0.3, -0.25) is 14.5 Å². The van der Waals surface area contributed by atoms with Gasteiger partial charge in [0.15, 0.2) is 0 Å². The van der Waals surface area contributed by atoms with Crippen molar-refractivity contribution in [3.63, 3.8) is 0 Å². The second kappa shape index (κ2) is 7.91. The van der Waals surface area contributed by atoms with Gasteiger partial charge in [0.05, 0.1) is 6.54 Å². The maximum Gasteiger partial charge on any atom is 0.270 e. The molecule has 26 heavy (non-hydrogen) atoms.